The van der Waals surface area contributed by atoms with Gasteiger partial charge in [0.1, 0.15) is 18.1 Å². The van der Waals surface area contributed by atoms with E-state index in [-0.39, 0.29) is 18.4 Å². The Hall–Kier alpha value is -3.35. The van der Waals surface area contributed by atoms with Crippen LogP contribution >= 0.6 is 0 Å². The van der Waals surface area contributed by atoms with Crippen LogP contribution in [0, 0.1) is 0 Å². The van der Waals surface area contributed by atoms with Gasteiger partial charge in [0, 0.05) is 25.6 Å². The molecule has 7 nitrogen and oxygen atoms in total. The number of imidazole rings is 1. The standard InChI is InChI=1S/C20H22N4O3/c1-14(25)21-12-11-19-23-17-5-3-4-6-18(17)24(19)13-20(26)22-15-7-9-16(27-2)10-8-15/h3-10H,11-13H2,1-2H3,(H,21,25)(H,22,26). The van der Waals surface area contributed by atoms with Gasteiger partial charge < -0.3 is 19.9 Å². The van der Waals surface area contributed by atoms with Gasteiger partial charge in [-0.25, -0.2) is 4.98 Å². The van der Waals surface area contributed by atoms with E-state index < -0.39 is 0 Å². The number of para-hydroxylation sites is 2. The third-order valence-electron chi connectivity index (χ3n) is 4.13. The highest BCUT2D eigenvalue weighted by Gasteiger charge is 2.14. The van der Waals surface area contributed by atoms with Crippen molar-refractivity contribution < 1.29 is 14.3 Å². The second-order valence-corrected chi connectivity index (χ2v) is 6.11. The number of benzene rings is 2. The summed E-state index contributed by atoms with van der Waals surface area (Å²) in [7, 11) is 1.60. The number of hydrogen-bond acceptors (Lipinski definition) is 4. The number of methoxy groups -OCH3 is 1. The van der Waals surface area contributed by atoms with Gasteiger partial charge in [0.05, 0.1) is 18.1 Å². The predicted octanol–water partition coefficient (Wildman–Crippen LogP) is 2.36. The van der Waals surface area contributed by atoms with Crippen molar-refractivity contribution >= 4 is 28.5 Å². The molecule has 0 saturated heterocycles. The molecule has 2 aromatic carbocycles. The largest absolute Gasteiger partial charge is 0.497 e. The number of aromatic nitrogens is 2. The molecule has 3 rings (SSSR count). The lowest BCUT2D eigenvalue weighted by Crippen LogP contribution is -2.25. The molecule has 0 fully saturated rings. The van der Waals surface area contributed by atoms with E-state index in [0.29, 0.717) is 18.7 Å². The third-order valence-corrected chi connectivity index (χ3v) is 4.13. The highest BCUT2D eigenvalue weighted by atomic mass is 16.5. The van der Waals surface area contributed by atoms with Gasteiger partial charge in [0.2, 0.25) is 11.8 Å². The number of rotatable bonds is 7. The maximum atomic E-state index is 12.6. The van der Waals surface area contributed by atoms with Gasteiger partial charge in [0.15, 0.2) is 0 Å². The van der Waals surface area contributed by atoms with Gasteiger partial charge in [-0.1, -0.05) is 12.1 Å². The first-order valence-electron chi connectivity index (χ1n) is 8.69. The molecule has 0 saturated carbocycles. The monoisotopic (exact) mass is 366 g/mol. The maximum Gasteiger partial charge on any atom is 0.244 e. The minimum atomic E-state index is -0.149. The summed E-state index contributed by atoms with van der Waals surface area (Å²) < 4.78 is 7.01. The summed E-state index contributed by atoms with van der Waals surface area (Å²) in [6, 6.07) is 14.8. The Morgan fingerprint density at radius 1 is 1.11 bits per heavy atom. The van der Waals surface area contributed by atoms with E-state index in [1.165, 1.54) is 6.92 Å². The average molecular weight is 366 g/mol. The minimum absolute atomic E-state index is 0.0880. The molecule has 0 atom stereocenters. The first kappa shape index (κ1) is 18.4. The van der Waals surface area contributed by atoms with Gasteiger partial charge in [-0.05, 0) is 36.4 Å². The molecule has 3 aromatic rings. The van der Waals surface area contributed by atoms with Crippen LogP contribution in [0.3, 0.4) is 0 Å². The highest BCUT2D eigenvalue weighted by Crippen LogP contribution is 2.18. The van der Waals surface area contributed by atoms with Gasteiger partial charge in [-0.15, -0.1) is 0 Å². The molecule has 27 heavy (non-hydrogen) atoms. The predicted molar refractivity (Wildman–Crippen MR) is 104 cm³/mol. The van der Waals surface area contributed by atoms with Gasteiger partial charge in [0.25, 0.3) is 0 Å². The van der Waals surface area contributed by atoms with Crippen LogP contribution < -0.4 is 15.4 Å². The number of nitrogens with one attached hydrogen (secondary N) is 2. The van der Waals surface area contributed by atoms with Crippen molar-refractivity contribution in [2.24, 2.45) is 0 Å². The second-order valence-electron chi connectivity index (χ2n) is 6.11. The number of carbonyl (C=O) groups excluding carboxylic acids is 2. The van der Waals surface area contributed by atoms with Crippen molar-refractivity contribution in [3.63, 3.8) is 0 Å². The van der Waals surface area contributed by atoms with Crippen LogP contribution in [0.5, 0.6) is 5.75 Å². The molecule has 2 amide bonds. The maximum absolute atomic E-state index is 12.6. The molecule has 0 unspecified atom stereocenters. The topological polar surface area (TPSA) is 85.2 Å². The summed E-state index contributed by atoms with van der Waals surface area (Å²) in [5, 5.41) is 5.65. The summed E-state index contributed by atoms with van der Waals surface area (Å²) >= 11 is 0. The van der Waals surface area contributed by atoms with Crippen molar-refractivity contribution in [1.29, 1.82) is 0 Å². The number of hydrogen-bond donors (Lipinski definition) is 2. The minimum Gasteiger partial charge on any atom is -0.497 e. The third kappa shape index (κ3) is 4.63. The Morgan fingerprint density at radius 3 is 2.56 bits per heavy atom. The summed E-state index contributed by atoms with van der Waals surface area (Å²) in [5.41, 5.74) is 2.41. The molecule has 0 aliphatic heterocycles. The number of ether oxygens (including phenoxy) is 1. The number of carbonyl (C=O) groups is 2. The number of amides is 2. The zero-order valence-electron chi connectivity index (χ0n) is 15.4. The fourth-order valence-corrected chi connectivity index (χ4v) is 2.86. The number of fused-ring (bicyclic) bond motifs is 1. The molecule has 0 spiro atoms. The molecule has 140 valence electrons. The van der Waals surface area contributed by atoms with Crippen LogP contribution in [0.25, 0.3) is 11.0 Å². The lowest BCUT2D eigenvalue weighted by Gasteiger charge is -2.11. The first-order chi connectivity index (χ1) is 13.1. The Balaban J connectivity index is 1.77. The van der Waals surface area contributed by atoms with Crippen LogP contribution in [0.1, 0.15) is 12.7 Å². The molecular formula is C20H22N4O3. The van der Waals surface area contributed by atoms with Crippen LogP contribution in [0.4, 0.5) is 5.69 Å². The zero-order chi connectivity index (χ0) is 19.2. The molecule has 0 bridgehead atoms. The number of anilines is 1. The van der Waals surface area contributed by atoms with E-state index >= 15 is 0 Å². The Bertz CT molecular complexity index is 948. The molecule has 7 heteroatoms. The van der Waals surface area contributed by atoms with Crippen molar-refractivity contribution in [3.05, 3.63) is 54.4 Å². The van der Waals surface area contributed by atoms with E-state index in [2.05, 4.69) is 15.6 Å². The van der Waals surface area contributed by atoms with E-state index in [1.54, 1.807) is 31.4 Å². The van der Waals surface area contributed by atoms with Crippen molar-refractivity contribution in [2.45, 2.75) is 19.9 Å². The molecule has 0 aliphatic rings. The summed E-state index contributed by atoms with van der Waals surface area (Å²) in [4.78, 5) is 28.3. The molecular weight excluding hydrogens is 344 g/mol. The summed E-state index contributed by atoms with van der Waals surface area (Å²) in [6.45, 7) is 2.09. The lowest BCUT2D eigenvalue weighted by molar-refractivity contribution is -0.119. The lowest BCUT2D eigenvalue weighted by atomic mass is 10.3. The fourth-order valence-electron chi connectivity index (χ4n) is 2.86. The molecule has 0 aliphatic carbocycles. The van der Waals surface area contributed by atoms with Gasteiger partial charge >= 0.3 is 0 Å². The molecule has 1 aromatic heterocycles. The number of nitrogens with zero attached hydrogens (tertiary/aromatic N) is 2. The van der Waals surface area contributed by atoms with Crippen LogP contribution in [-0.2, 0) is 22.6 Å². The first-order valence-corrected chi connectivity index (χ1v) is 8.69. The van der Waals surface area contributed by atoms with Crippen LogP contribution in [0.2, 0.25) is 0 Å². The smallest absolute Gasteiger partial charge is 0.244 e. The molecule has 1 heterocycles. The van der Waals surface area contributed by atoms with Crippen molar-refractivity contribution in [1.82, 2.24) is 14.9 Å². The average Bonchev–Trinajstić information content (AvgIpc) is 2.99. The Morgan fingerprint density at radius 2 is 1.85 bits per heavy atom. The van der Waals surface area contributed by atoms with Crippen molar-refractivity contribution in [2.75, 3.05) is 19.0 Å². The SMILES string of the molecule is COc1ccc(NC(=O)Cn2c(CCNC(C)=O)nc3ccccc32)cc1. The summed E-state index contributed by atoms with van der Waals surface area (Å²) in [5.74, 6) is 1.25. The quantitative estimate of drug-likeness (QED) is 0.672. The Kier molecular flexibility index (Phi) is 5.71. The zero-order valence-corrected chi connectivity index (χ0v) is 15.4. The van der Waals surface area contributed by atoms with Crippen LogP contribution in [0.15, 0.2) is 48.5 Å². The van der Waals surface area contributed by atoms with Gasteiger partial charge in [-0.2, -0.15) is 0 Å². The van der Waals surface area contributed by atoms with E-state index in [1.807, 2.05) is 28.8 Å². The fraction of sp³-hybridized carbons (Fsp3) is 0.250. The van der Waals surface area contributed by atoms with E-state index in [4.69, 9.17) is 4.74 Å². The molecule has 0 radical (unpaired) electrons. The highest BCUT2D eigenvalue weighted by molar-refractivity contribution is 5.91. The van der Waals surface area contributed by atoms with Crippen LogP contribution in [-0.4, -0.2) is 35.0 Å². The van der Waals surface area contributed by atoms with E-state index in [9.17, 15) is 9.59 Å². The van der Waals surface area contributed by atoms with E-state index in [0.717, 1.165) is 22.6 Å². The normalized spacial score (nSPS) is 10.6. The summed E-state index contributed by atoms with van der Waals surface area (Å²) in [6.07, 6.45) is 0.546. The van der Waals surface area contributed by atoms with Crippen molar-refractivity contribution in [3.8, 4) is 5.75 Å². The molecule has 2 N–H and O–H groups in total. The Labute approximate surface area is 157 Å². The second kappa shape index (κ2) is 8.35. The van der Waals surface area contributed by atoms with Gasteiger partial charge in [-0.3, -0.25) is 9.59 Å².